The number of nitro benzene ring substituents is 1. The number of nitrogens with zero attached hydrogens (tertiary/aromatic N) is 5. The predicted molar refractivity (Wildman–Crippen MR) is 101 cm³/mol. The zero-order valence-corrected chi connectivity index (χ0v) is 14.5. The Morgan fingerprint density at radius 1 is 1.14 bits per heavy atom. The summed E-state index contributed by atoms with van der Waals surface area (Å²) in [6, 6.07) is 12.0. The van der Waals surface area contributed by atoms with Gasteiger partial charge < -0.3 is 0 Å². The predicted octanol–water partition coefficient (Wildman–Crippen LogP) is 2.09. The van der Waals surface area contributed by atoms with E-state index >= 15 is 0 Å². The van der Waals surface area contributed by atoms with Crippen LogP contribution in [0.25, 0.3) is 22.4 Å². The Balaban J connectivity index is 2.21. The summed E-state index contributed by atoms with van der Waals surface area (Å²) < 4.78 is 2.47. The van der Waals surface area contributed by atoms with Gasteiger partial charge in [-0.2, -0.15) is 5.26 Å². The number of non-ortho nitro benzene ring substituents is 1. The van der Waals surface area contributed by atoms with Crippen LogP contribution < -0.4 is 11.1 Å². The maximum atomic E-state index is 12.9. The monoisotopic (exact) mass is 373 g/mol. The summed E-state index contributed by atoms with van der Waals surface area (Å²) >= 11 is 0. The molecule has 0 amide bonds. The van der Waals surface area contributed by atoms with E-state index in [0.29, 0.717) is 16.9 Å². The zero-order chi connectivity index (χ0) is 20.0. The second-order valence-corrected chi connectivity index (χ2v) is 6.12. The zero-order valence-electron chi connectivity index (χ0n) is 14.5. The van der Waals surface area contributed by atoms with Gasteiger partial charge in [0.25, 0.3) is 16.8 Å². The number of nitro groups is 1. The van der Waals surface area contributed by atoms with E-state index in [9.17, 15) is 25.0 Å². The van der Waals surface area contributed by atoms with E-state index in [1.165, 1.54) is 28.7 Å². The molecule has 4 aromatic rings. The van der Waals surface area contributed by atoms with Crippen molar-refractivity contribution in [1.29, 1.82) is 5.26 Å². The summed E-state index contributed by atoms with van der Waals surface area (Å²) in [6.07, 6.45) is 1.54. The van der Waals surface area contributed by atoms with Gasteiger partial charge in [-0.25, -0.2) is 4.98 Å². The third-order valence-corrected chi connectivity index (χ3v) is 4.44. The Hall–Kier alpha value is -4.32. The van der Waals surface area contributed by atoms with E-state index in [0.717, 1.165) is 4.57 Å². The van der Waals surface area contributed by atoms with E-state index < -0.39 is 16.0 Å². The lowest BCUT2D eigenvalue weighted by Crippen LogP contribution is -2.26. The number of rotatable bonds is 2. The van der Waals surface area contributed by atoms with Crippen LogP contribution in [0.15, 0.2) is 58.3 Å². The number of benzene rings is 1. The Morgan fingerprint density at radius 3 is 2.61 bits per heavy atom. The largest absolute Gasteiger partial charge is 0.274 e. The molecule has 4 rings (SSSR count). The van der Waals surface area contributed by atoms with Gasteiger partial charge in [-0.1, -0.05) is 6.07 Å². The van der Waals surface area contributed by atoms with Gasteiger partial charge in [0.1, 0.15) is 17.3 Å². The smallest absolute Gasteiger partial charge is 0.268 e. The summed E-state index contributed by atoms with van der Waals surface area (Å²) in [5, 5.41) is 20.5. The molecular weight excluding hydrogens is 362 g/mol. The molecule has 9 nitrogen and oxygen atoms in total. The summed E-state index contributed by atoms with van der Waals surface area (Å²) in [4.78, 5) is 40.7. The molecule has 0 aliphatic rings. The van der Waals surface area contributed by atoms with Crippen molar-refractivity contribution < 1.29 is 4.92 Å². The van der Waals surface area contributed by atoms with Crippen molar-refractivity contribution in [3.05, 3.63) is 90.6 Å². The van der Waals surface area contributed by atoms with Crippen molar-refractivity contribution in [1.82, 2.24) is 14.0 Å². The Morgan fingerprint density at radius 2 is 1.93 bits per heavy atom. The number of fused-ring (bicyclic) bond motifs is 2. The molecule has 0 atom stereocenters. The standard InChI is InChI=1S/C19H11N5O4/c1-11-8-13(24(27)28)5-6-15(11)23-17-14(9-12(10-20)18(23)25)19(26)22-7-3-2-4-16(22)21-17/h2-9H,1H3. The van der Waals surface area contributed by atoms with Gasteiger partial charge in [0, 0.05) is 18.3 Å². The highest BCUT2D eigenvalue weighted by Crippen LogP contribution is 2.22. The molecule has 3 aromatic heterocycles. The molecule has 0 saturated carbocycles. The van der Waals surface area contributed by atoms with Crippen LogP contribution in [0.5, 0.6) is 0 Å². The first kappa shape index (κ1) is 17.1. The van der Waals surface area contributed by atoms with Crippen molar-refractivity contribution in [3.63, 3.8) is 0 Å². The topological polar surface area (TPSA) is 123 Å². The Kier molecular flexibility index (Phi) is 3.75. The van der Waals surface area contributed by atoms with Crippen LogP contribution in [0.4, 0.5) is 5.69 Å². The molecule has 0 aliphatic heterocycles. The first-order valence-electron chi connectivity index (χ1n) is 8.15. The average molecular weight is 373 g/mol. The molecule has 0 spiro atoms. The third-order valence-electron chi connectivity index (χ3n) is 4.44. The quantitative estimate of drug-likeness (QED) is 0.301. The molecule has 28 heavy (non-hydrogen) atoms. The first-order valence-corrected chi connectivity index (χ1v) is 8.15. The first-order chi connectivity index (χ1) is 13.4. The molecule has 0 unspecified atom stereocenters. The molecule has 1 aromatic carbocycles. The number of pyridine rings is 2. The molecule has 136 valence electrons. The fourth-order valence-electron chi connectivity index (χ4n) is 3.12. The average Bonchev–Trinajstić information content (AvgIpc) is 2.68. The van der Waals surface area contributed by atoms with E-state index in [1.54, 1.807) is 37.4 Å². The van der Waals surface area contributed by atoms with Gasteiger partial charge in [0.2, 0.25) is 0 Å². The van der Waals surface area contributed by atoms with Gasteiger partial charge >= 0.3 is 0 Å². The number of hydrogen-bond donors (Lipinski definition) is 0. The molecule has 0 bridgehead atoms. The lowest BCUT2D eigenvalue weighted by atomic mass is 10.1. The molecule has 3 heterocycles. The molecule has 0 fully saturated rings. The maximum absolute atomic E-state index is 12.9. The number of nitriles is 1. The van der Waals surface area contributed by atoms with Crippen LogP contribution in [-0.4, -0.2) is 18.9 Å². The normalized spacial score (nSPS) is 10.9. The highest BCUT2D eigenvalue weighted by molar-refractivity contribution is 5.80. The molecule has 0 N–H and O–H groups in total. The van der Waals surface area contributed by atoms with Crippen LogP contribution in [0.3, 0.4) is 0 Å². The van der Waals surface area contributed by atoms with Gasteiger partial charge in [0.05, 0.1) is 16.0 Å². The van der Waals surface area contributed by atoms with E-state index in [4.69, 9.17) is 0 Å². The minimum Gasteiger partial charge on any atom is -0.268 e. The lowest BCUT2D eigenvalue weighted by Gasteiger charge is -2.13. The van der Waals surface area contributed by atoms with E-state index in [-0.39, 0.29) is 22.3 Å². The number of aryl methyl sites for hydroxylation is 1. The summed E-state index contributed by atoms with van der Waals surface area (Å²) in [5.41, 5.74) is -0.277. The second kappa shape index (κ2) is 6.14. The fourth-order valence-corrected chi connectivity index (χ4v) is 3.12. The van der Waals surface area contributed by atoms with Crippen LogP contribution in [0, 0.1) is 28.4 Å². The molecule has 0 radical (unpaired) electrons. The number of aromatic nitrogens is 3. The van der Waals surface area contributed by atoms with Gasteiger partial charge in [-0.05, 0) is 36.8 Å². The van der Waals surface area contributed by atoms with E-state index in [2.05, 4.69) is 4.98 Å². The molecule has 0 aliphatic carbocycles. The molecule has 9 heteroatoms. The van der Waals surface area contributed by atoms with Gasteiger partial charge in [-0.15, -0.1) is 0 Å². The summed E-state index contributed by atoms with van der Waals surface area (Å²) in [5.74, 6) is 0. The molecular formula is C19H11N5O4. The van der Waals surface area contributed by atoms with Crippen LogP contribution in [0.1, 0.15) is 11.1 Å². The maximum Gasteiger partial charge on any atom is 0.274 e. The van der Waals surface area contributed by atoms with Gasteiger partial charge in [-0.3, -0.25) is 28.7 Å². The second-order valence-electron chi connectivity index (χ2n) is 6.12. The fraction of sp³-hybridized carbons (Fsp3) is 0.0526. The van der Waals surface area contributed by atoms with Crippen molar-refractivity contribution in [2.24, 2.45) is 0 Å². The van der Waals surface area contributed by atoms with E-state index in [1.807, 2.05) is 0 Å². The third kappa shape index (κ3) is 2.44. The summed E-state index contributed by atoms with van der Waals surface area (Å²) in [6.45, 7) is 1.60. The number of hydrogen-bond acceptors (Lipinski definition) is 6. The van der Waals surface area contributed by atoms with Gasteiger partial charge in [0.15, 0.2) is 5.65 Å². The molecule has 0 saturated heterocycles. The highest BCUT2D eigenvalue weighted by Gasteiger charge is 2.18. The minimum atomic E-state index is -0.654. The van der Waals surface area contributed by atoms with Crippen LogP contribution in [0.2, 0.25) is 0 Å². The minimum absolute atomic E-state index is 0.0807. The van der Waals surface area contributed by atoms with Crippen molar-refractivity contribution in [2.45, 2.75) is 6.92 Å². The van der Waals surface area contributed by atoms with Crippen molar-refractivity contribution in [2.75, 3.05) is 0 Å². The van der Waals surface area contributed by atoms with Crippen molar-refractivity contribution in [3.8, 4) is 11.8 Å². The van der Waals surface area contributed by atoms with Crippen LogP contribution >= 0.6 is 0 Å². The SMILES string of the molecule is Cc1cc([N+](=O)[O-])ccc1-n1c(=O)c(C#N)cc2c(=O)n3ccccc3nc21. The lowest BCUT2D eigenvalue weighted by molar-refractivity contribution is -0.384. The summed E-state index contributed by atoms with van der Waals surface area (Å²) in [7, 11) is 0. The van der Waals surface area contributed by atoms with Crippen molar-refractivity contribution >= 4 is 22.4 Å². The Labute approximate surface area is 156 Å². The highest BCUT2D eigenvalue weighted by atomic mass is 16.6. The Bertz CT molecular complexity index is 1460. The van der Waals surface area contributed by atoms with Crippen LogP contribution in [-0.2, 0) is 0 Å².